The Morgan fingerprint density at radius 2 is 2.19 bits per heavy atom. The number of amides is 1. The number of anilines is 2. The first-order valence-corrected chi connectivity index (χ1v) is 6.99. The summed E-state index contributed by atoms with van der Waals surface area (Å²) < 4.78 is 14.5. The van der Waals surface area contributed by atoms with Gasteiger partial charge in [-0.1, -0.05) is 15.9 Å². The fourth-order valence-electron chi connectivity index (χ4n) is 1.62. The number of hydroxylamine groups is 1. The van der Waals surface area contributed by atoms with Gasteiger partial charge in [-0.25, -0.2) is 9.87 Å². The van der Waals surface area contributed by atoms with Gasteiger partial charge in [-0.05, 0) is 31.2 Å². The van der Waals surface area contributed by atoms with Crippen LogP contribution >= 0.6 is 15.9 Å². The minimum atomic E-state index is -0.440. The molecule has 21 heavy (non-hydrogen) atoms. The van der Waals surface area contributed by atoms with Crippen LogP contribution in [0.2, 0.25) is 0 Å². The van der Waals surface area contributed by atoms with Gasteiger partial charge in [0.1, 0.15) is 5.82 Å². The van der Waals surface area contributed by atoms with Crippen molar-refractivity contribution in [1.29, 1.82) is 0 Å². The van der Waals surface area contributed by atoms with Gasteiger partial charge in [-0.15, -0.1) is 0 Å². The maximum atomic E-state index is 13.8. The van der Waals surface area contributed by atoms with Crippen LogP contribution in [0.15, 0.2) is 41.1 Å². The topological polar surface area (TPSA) is 63.2 Å². The van der Waals surface area contributed by atoms with Gasteiger partial charge in [-0.2, -0.15) is 0 Å². The van der Waals surface area contributed by atoms with Crippen LogP contribution in [0.25, 0.3) is 0 Å². The molecule has 5 nitrogen and oxygen atoms in total. The van der Waals surface area contributed by atoms with Gasteiger partial charge in [0.25, 0.3) is 5.91 Å². The predicted molar refractivity (Wildman–Crippen MR) is 80.7 cm³/mol. The van der Waals surface area contributed by atoms with Crippen molar-refractivity contribution in [1.82, 2.24) is 10.5 Å². The number of rotatable bonds is 5. The van der Waals surface area contributed by atoms with E-state index in [0.717, 1.165) is 0 Å². The van der Waals surface area contributed by atoms with Crippen LogP contribution in [0.5, 0.6) is 0 Å². The molecule has 1 heterocycles. The summed E-state index contributed by atoms with van der Waals surface area (Å²) in [4.78, 5) is 20.8. The highest BCUT2D eigenvalue weighted by Gasteiger charge is 2.13. The molecular formula is C14H13BrFN3O2. The minimum Gasteiger partial charge on any atom is -0.351 e. The Balaban J connectivity index is 2.26. The van der Waals surface area contributed by atoms with Crippen molar-refractivity contribution in [2.75, 3.05) is 11.9 Å². The quantitative estimate of drug-likeness (QED) is 0.808. The fraction of sp³-hybridized carbons (Fsp3) is 0.143. The molecule has 0 aliphatic heterocycles. The van der Waals surface area contributed by atoms with Crippen molar-refractivity contribution in [3.8, 4) is 0 Å². The van der Waals surface area contributed by atoms with E-state index in [2.05, 4.69) is 31.7 Å². The highest BCUT2D eigenvalue weighted by Crippen LogP contribution is 2.24. The number of hydrogen-bond donors (Lipinski definition) is 2. The number of pyridine rings is 1. The molecule has 2 aromatic rings. The van der Waals surface area contributed by atoms with E-state index in [4.69, 9.17) is 4.84 Å². The van der Waals surface area contributed by atoms with Crippen LogP contribution in [0.3, 0.4) is 0 Å². The lowest BCUT2D eigenvalue weighted by Crippen LogP contribution is -2.24. The molecule has 0 saturated carbocycles. The Kier molecular flexibility index (Phi) is 5.24. The van der Waals surface area contributed by atoms with E-state index in [9.17, 15) is 9.18 Å². The molecule has 1 aromatic carbocycles. The summed E-state index contributed by atoms with van der Waals surface area (Å²) in [5, 5.41) is 2.85. The number of halogens is 2. The number of benzene rings is 1. The predicted octanol–water partition coefficient (Wildman–Crippen LogP) is 3.41. The van der Waals surface area contributed by atoms with E-state index in [1.807, 2.05) is 0 Å². The molecule has 0 bridgehead atoms. The molecule has 0 fully saturated rings. The van der Waals surface area contributed by atoms with Crippen LogP contribution in [0, 0.1) is 5.82 Å². The molecule has 0 atom stereocenters. The summed E-state index contributed by atoms with van der Waals surface area (Å²) >= 11 is 3.19. The Bertz CT molecular complexity index is 652. The van der Waals surface area contributed by atoms with Gasteiger partial charge >= 0.3 is 0 Å². The van der Waals surface area contributed by atoms with Crippen molar-refractivity contribution >= 4 is 33.2 Å². The molecule has 110 valence electrons. The van der Waals surface area contributed by atoms with Gasteiger partial charge < -0.3 is 5.32 Å². The van der Waals surface area contributed by atoms with Crippen LogP contribution in [0.4, 0.5) is 15.8 Å². The number of nitrogens with one attached hydrogen (secondary N) is 2. The second-order valence-corrected chi connectivity index (χ2v) is 4.95. The van der Waals surface area contributed by atoms with E-state index in [1.54, 1.807) is 19.1 Å². The standard InChI is InChI=1S/C14H13BrFN3O2/c1-2-21-19-14(20)10-5-6-17-8-13(10)18-12-4-3-9(15)7-11(12)16/h3-8,18H,2H2,1H3,(H,19,20). The molecule has 2 rings (SSSR count). The van der Waals surface area contributed by atoms with E-state index < -0.39 is 11.7 Å². The summed E-state index contributed by atoms with van der Waals surface area (Å²) in [6.45, 7) is 2.10. The van der Waals surface area contributed by atoms with Gasteiger partial charge in [0.15, 0.2) is 0 Å². The van der Waals surface area contributed by atoms with Gasteiger partial charge in [0, 0.05) is 10.7 Å². The SMILES string of the molecule is CCONC(=O)c1ccncc1Nc1ccc(Br)cc1F. The molecule has 0 radical (unpaired) electrons. The van der Waals surface area contributed by atoms with E-state index in [0.29, 0.717) is 22.3 Å². The highest BCUT2D eigenvalue weighted by atomic mass is 79.9. The van der Waals surface area contributed by atoms with Crippen molar-refractivity contribution in [3.63, 3.8) is 0 Å². The zero-order valence-electron chi connectivity index (χ0n) is 11.2. The monoisotopic (exact) mass is 353 g/mol. The largest absolute Gasteiger partial charge is 0.351 e. The number of nitrogens with zero attached hydrogens (tertiary/aromatic N) is 1. The normalized spacial score (nSPS) is 10.2. The van der Waals surface area contributed by atoms with E-state index in [1.165, 1.54) is 24.5 Å². The first-order chi connectivity index (χ1) is 10.1. The Labute approximate surface area is 129 Å². The molecule has 1 amide bonds. The number of carbonyl (C=O) groups is 1. The van der Waals surface area contributed by atoms with Crippen LogP contribution < -0.4 is 10.8 Å². The molecule has 0 aliphatic rings. The molecular weight excluding hydrogens is 341 g/mol. The molecule has 7 heteroatoms. The van der Waals surface area contributed by atoms with E-state index in [-0.39, 0.29) is 5.69 Å². The summed E-state index contributed by atoms with van der Waals surface area (Å²) in [5.41, 5.74) is 3.23. The average Bonchev–Trinajstić information content (AvgIpc) is 2.48. The van der Waals surface area contributed by atoms with Crippen LogP contribution in [0.1, 0.15) is 17.3 Å². The smallest absolute Gasteiger partial charge is 0.277 e. The third-order valence-corrected chi connectivity index (χ3v) is 3.07. The zero-order valence-corrected chi connectivity index (χ0v) is 12.8. The Hall–Kier alpha value is -1.99. The van der Waals surface area contributed by atoms with Gasteiger partial charge in [0.05, 0.1) is 29.7 Å². The summed E-state index contributed by atoms with van der Waals surface area (Å²) in [6, 6.07) is 6.12. The molecule has 1 aromatic heterocycles. The second-order valence-electron chi connectivity index (χ2n) is 4.03. The lowest BCUT2D eigenvalue weighted by molar-refractivity contribution is 0.0365. The highest BCUT2D eigenvalue weighted by molar-refractivity contribution is 9.10. The van der Waals surface area contributed by atoms with Crippen molar-refractivity contribution < 1.29 is 14.0 Å². The maximum Gasteiger partial charge on any atom is 0.277 e. The maximum absolute atomic E-state index is 13.8. The Morgan fingerprint density at radius 1 is 1.38 bits per heavy atom. The van der Waals surface area contributed by atoms with E-state index >= 15 is 0 Å². The van der Waals surface area contributed by atoms with Crippen molar-refractivity contribution in [2.24, 2.45) is 0 Å². The Morgan fingerprint density at radius 3 is 2.90 bits per heavy atom. The zero-order chi connectivity index (χ0) is 15.2. The summed E-state index contributed by atoms with van der Waals surface area (Å²) in [7, 11) is 0. The first kappa shape index (κ1) is 15.4. The van der Waals surface area contributed by atoms with Crippen LogP contribution in [-0.2, 0) is 4.84 Å². The van der Waals surface area contributed by atoms with Gasteiger partial charge in [-0.3, -0.25) is 14.6 Å². The van der Waals surface area contributed by atoms with Crippen molar-refractivity contribution in [3.05, 3.63) is 52.5 Å². The lowest BCUT2D eigenvalue weighted by atomic mass is 10.2. The van der Waals surface area contributed by atoms with Gasteiger partial charge in [0.2, 0.25) is 0 Å². The number of hydrogen-bond acceptors (Lipinski definition) is 4. The second kappa shape index (κ2) is 7.14. The van der Waals surface area contributed by atoms with Crippen LogP contribution in [-0.4, -0.2) is 17.5 Å². The summed E-state index contributed by atoms with van der Waals surface area (Å²) in [6.07, 6.45) is 2.92. The molecule has 0 unspecified atom stereocenters. The summed E-state index contributed by atoms with van der Waals surface area (Å²) in [5.74, 6) is -0.872. The molecule has 2 N–H and O–H groups in total. The van der Waals surface area contributed by atoms with Crippen molar-refractivity contribution in [2.45, 2.75) is 6.92 Å². The number of carbonyl (C=O) groups excluding carboxylic acids is 1. The third-order valence-electron chi connectivity index (χ3n) is 2.58. The fourth-order valence-corrected chi connectivity index (χ4v) is 1.95. The first-order valence-electron chi connectivity index (χ1n) is 6.20. The lowest BCUT2D eigenvalue weighted by Gasteiger charge is -2.12. The molecule has 0 aliphatic carbocycles. The molecule has 0 saturated heterocycles. The molecule has 0 spiro atoms. The number of aromatic nitrogens is 1. The average molecular weight is 354 g/mol. The third kappa shape index (κ3) is 3.99. The minimum absolute atomic E-state index is 0.247.